The van der Waals surface area contributed by atoms with Crippen LogP contribution in [0.4, 0.5) is 0 Å². The van der Waals surface area contributed by atoms with E-state index in [-0.39, 0.29) is 24.2 Å². The molecule has 14 heavy (non-hydrogen) atoms. The average Bonchev–Trinajstić information content (AvgIpc) is 2.71. The number of carbonyl (C=O) groups is 2. The van der Waals surface area contributed by atoms with Gasteiger partial charge in [0.25, 0.3) is 0 Å². The molecule has 4 heteroatoms. The predicted octanol–water partition coefficient (Wildman–Crippen LogP) is 1.15. The Morgan fingerprint density at radius 3 is 3.14 bits per heavy atom. The third kappa shape index (κ3) is 0.917. The van der Waals surface area contributed by atoms with Crippen molar-refractivity contribution in [2.24, 2.45) is 0 Å². The van der Waals surface area contributed by atoms with Gasteiger partial charge in [-0.05, 0) is 23.4 Å². The molecule has 0 saturated carbocycles. The molecule has 0 aromatic carbocycles. The molecule has 1 aromatic heterocycles. The maximum Gasteiger partial charge on any atom is 0.231 e. The van der Waals surface area contributed by atoms with Crippen molar-refractivity contribution in [3.05, 3.63) is 21.9 Å². The summed E-state index contributed by atoms with van der Waals surface area (Å²) in [6.45, 7) is 0.707. The Morgan fingerprint density at radius 1 is 1.43 bits per heavy atom. The normalized spacial score (nSPS) is 25.1. The maximum atomic E-state index is 11.6. The third-order valence-electron chi connectivity index (χ3n) is 2.91. The van der Waals surface area contributed by atoms with Gasteiger partial charge >= 0.3 is 0 Å². The minimum absolute atomic E-state index is 0.000880. The van der Waals surface area contributed by atoms with E-state index in [1.807, 2.05) is 5.38 Å². The second kappa shape index (κ2) is 2.67. The molecule has 2 aliphatic rings. The number of Topliss-reactive ketones (excluding diaryl/α,β-unsaturated/α-hetero) is 1. The van der Waals surface area contributed by atoms with E-state index in [9.17, 15) is 9.59 Å². The van der Waals surface area contributed by atoms with Crippen LogP contribution in [-0.2, 0) is 16.0 Å². The van der Waals surface area contributed by atoms with Crippen LogP contribution in [0.15, 0.2) is 11.4 Å². The summed E-state index contributed by atoms with van der Waals surface area (Å²) in [4.78, 5) is 25.9. The van der Waals surface area contributed by atoms with E-state index in [1.54, 1.807) is 16.2 Å². The van der Waals surface area contributed by atoms with Crippen molar-refractivity contribution in [1.29, 1.82) is 0 Å². The molecule has 0 bridgehead atoms. The van der Waals surface area contributed by atoms with E-state index in [4.69, 9.17) is 0 Å². The van der Waals surface area contributed by atoms with Gasteiger partial charge in [0.05, 0.1) is 6.42 Å². The Labute approximate surface area is 85.3 Å². The quantitative estimate of drug-likeness (QED) is 0.598. The van der Waals surface area contributed by atoms with Crippen LogP contribution < -0.4 is 0 Å². The molecule has 1 unspecified atom stereocenters. The summed E-state index contributed by atoms with van der Waals surface area (Å²) in [5.74, 6) is 0.0671. The lowest BCUT2D eigenvalue weighted by molar-refractivity contribution is -0.129. The van der Waals surface area contributed by atoms with E-state index in [0.29, 0.717) is 6.54 Å². The predicted molar refractivity (Wildman–Crippen MR) is 52.1 cm³/mol. The number of hydrogen-bond acceptors (Lipinski definition) is 3. The van der Waals surface area contributed by atoms with Gasteiger partial charge in [-0.1, -0.05) is 0 Å². The fourth-order valence-corrected chi connectivity index (χ4v) is 3.33. The summed E-state index contributed by atoms with van der Waals surface area (Å²) in [5.41, 5.74) is 1.25. The first-order valence-corrected chi connectivity index (χ1v) is 5.54. The number of nitrogens with zero attached hydrogens (tertiary/aromatic N) is 1. The summed E-state index contributed by atoms with van der Waals surface area (Å²) >= 11 is 1.59. The van der Waals surface area contributed by atoms with Crippen LogP contribution in [0.1, 0.15) is 22.9 Å². The average molecular weight is 207 g/mol. The highest BCUT2D eigenvalue weighted by Crippen LogP contribution is 2.38. The number of thiophene rings is 1. The molecule has 3 nitrogen and oxygen atoms in total. The molecule has 1 aromatic rings. The summed E-state index contributed by atoms with van der Waals surface area (Å²) < 4.78 is 0. The van der Waals surface area contributed by atoms with Gasteiger partial charge in [-0.3, -0.25) is 9.59 Å². The lowest BCUT2D eigenvalue weighted by atomic mass is 10.0. The highest BCUT2D eigenvalue weighted by atomic mass is 32.1. The summed E-state index contributed by atoms with van der Waals surface area (Å²) in [5, 5.41) is 2.00. The molecule has 1 amide bonds. The zero-order valence-corrected chi connectivity index (χ0v) is 8.34. The van der Waals surface area contributed by atoms with E-state index in [2.05, 4.69) is 6.07 Å². The first-order chi connectivity index (χ1) is 6.77. The third-order valence-corrected chi connectivity index (χ3v) is 3.93. The molecule has 3 rings (SSSR count). The minimum atomic E-state index is -0.244. The number of hydrogen-bond donors (Lipinski definition) is 0. The van der Waals surface area contributed by atoms with Gasteiger partial charge in [-0.15, -0.1) is 11.3 Å². The Bertz CT molecular complexity index is 424. The minimum Gasteiger partial charge on any atom is -0.327 e. The van der Waals surface area contributed by atoms with Gasteiger partial charge in [0.15, 0.2) is 5.78 Å². The molecule has 72 valence electrons. The van der Waals surface area contributed by atoms with Crippen LogP contribution in [0.2, 0.25) is 0 Å². The van der Waals surface area contributed by atoms with Gasteiger partial charge in [0.1, 0.15) is 6.04 Å². The molecule has 2 aliphatic heterocycles. The largest absolute Gasteiger partial charge is 0.327 e. The van der Waals surface area contributed by atoms with Crippen molar-refractivity contribution in [2.75, 3.05) is 6.54 Å². The van der Waals surface area contributed by atoms with Gasteiger partial charge in [-0.2, -0.15) is 0 Å². The number of carbonyl (C=O) groups excluding carboxylic acids is 2. The van der Waals surface area contributed by atoms with Crippen molar-refractivity contribution in [1.82, 2.24) is 4.90 Å². The van der Waals surface area contributed by atoms with Gasteiger partial charge in [0.2, 0.25) is 5.91 Å². The van der Waals surface area contributed by atoms with Crippen molar-refractivity contribution in [2.45, 2.75) is 18.9 Å². The van der Waals surface area contributed by atoms with Crippen LogP contribution in [0.3, 0.4) is 0 Å². The Morgan fingerprint density at radius 2 is 2.29 bits per heavy atom. The standard InChI is InChI=1S/C10H9NO2S/c12-7-5-8(13)11-3-1-6-2-4-14-10(6)9(7)11/h2,4,9H,1,3,5H2. The Balaban J connectivity index is 2.12. The van der Waals surface area contributed by atoms with E-state index >= 15 is 0 Å². The SMILES string of the molecule is O=C1CC(=O)N2CCc3ccsc3C12. The monoisotopic (exact) mass is 207 g/mol. The highest BCUT2D eigenvalue weighted by molar-refractivity contribution is 7.10. The molecular formula is C10H9NO2S. The lowest BCUT2D eigenvalue weighted by Gasteiger charge is -2.28. The van der Waals surface area contributed by atoms with Crippen molar-refractivity contribution in [3.63, 3.8) is 0 Å². The van der Waals surface area contributed by atoms with E-state index in [1.165, 1.54) is 5.56 Å². The Kier molecular flexibility index (Phi) is 1.56. The summed E-state index contributed by atoms with van der Waals surface area (Å²) in [7, 11) is 0. The molecule has 0 spiro atoms. The highest BCUT2D eigenvalue weighted by Gasteiger charge is 2.42. The van der Waals surface area contributed by atoms with E-state index < -0.39 is 0 Å². The lowest BCUT2D eigenvalue weighted by Crippen LogP contribution is -2.34. The topological polar surface area (TPSA) is 37.4 Å². The molecule has 3 heterocycles. The van der Waals surface area contributed by atoms with E-state index in [0.717, 1.165) is 11.3 Å². The summed E-state index contributed by atoms with van der Waals surface area (Å²) in [6, 6.07) is 1.82. The second-order valence-corrected chi connectivity index (χ2v) is 4.64. The first-order valence-electron chi connectivity index (χ1n) is 4.66. The fourth-order valence-electron chi connectivity index (χ4n) is 2.24. The second-order valence-electron chi connectivity index (χ2n) is 3.69. The van der Waals surface area contributed by atoms with Gasteiger partial charge < -0.3 is 4.90 Å². The molecular weight excluding hydrogens is 198 g/mol. The van der Waals surface area contributed by atoms with Crippen LogP contribution in [-0.4, -0.2) is 23.1 Å². The number of ketones is 1. The fraction of sp³-hybridized carbons (Fsp3) is 0.400. The van der Waals surface area contributed by atoms with Crippen molar-refractivity contribution >= 4 is 23.0 Å². The maximum absolute atomic E-state index is 11.6. The molecule has 1 fully saturated rings. The number of rotatable bonds is 0. The zero-order chi connectivity index (χ0) is 9.71. The van der Waals surface area contributed by atoms with Crippen LogP contribution >= 0.6 is 11.3 Å². The molecule has 1 atom stereocenters. The smallest absolute Gasteiger partial charge is 0.231 e. The molecule has 1 saturated heterocycles. The van der Waals surface area contributed by atoms with Gasteiger partial charge in [-0.25, -0.2) is 0 Å². The molecule has 0 radical (unpaired) electrons. The molecule has 0 aliphatic carbocycles. The van der Waals surface area contributed by atoms with Crippen molar-refractivity contribution in [3.8, 4) is 0 Å². The first kappa shape index (κ1) is 8.17. The Hall–Kier alpha value is -1.16. The van der Waals surface area contributed by atoms with Crippen LogP contribution in [0.25, 0.3) is 0 Å². The zero-order valence-electron chi connectivity index (χ0n) is 7.53. The summed E-state index contributed by atoms with van der Waals surface area (Å²) in [6.07, 6.45) is 0.996. The molecule has 0 N–H and O–H groups in total. The van der Waals surface area contributed by atoms with Gasteiger partial charge in [0, 0.05) is 11.4 Å². The van der Waals surface area contributed by atoms with Crippen LogP contribution in [0.5, 0.6) is 0 Å². The van der Waals surface area contributed by atoms with Crippen LogP contribution in [0, 0.1) is 0 Å². The number of fused-ring (bicyclic) bond motifs is 3. The number of amides is 1. The van der Waals surface area contributed by atoms with Crippen molar-refractivity contribution < 1.29 is 9.59 Å².